The molecule has 3 rings (SSSR count). The highest BCUT2D eigenvalue weighted by atomic mass is 16.6. The van der Waals surface area contributed by atoms with Crippen molar-refractivity contribution in [3.63, 3.8) is 0 Å². The van der Waals surface area contributed by atoms with E-state index in [-0.39, 0.29) is 30.1 Å². The molecule has 2 aliphatic heterocycles. The maximum absolute atomic E-state index is 12.4. The van der Waals surface area contributed by atoms with Gasteiger partial charge >= 0.3 is 5.97 Å². The Balaban J connectivity index is 1.63. The summed E-state index contributed by atoms with van der Waals surface area (Å²) < 4.78 is 16.0. The van der Waals surface area contributed by atoms with Crippen molar-refractivity contribution in [3.8, 4) is 17.6 Å². The number of fused-ring (bicyclic) bond motifs is 1. The van der Waals surface area contributed by atoms with E-state index in [4.69, 9.17) is 25.2 Å². The zero-order valence-corrected chi connectivity index (χ0v) is 15.3. The number of carbonyl (C=O) groups is 3. The third kappa shape index (κ3) is 3.91. The number of hydrogen-bond donors (Lipinski definition) is 1. The Morgan fingerprint density at radius 1 is 1.32 bits per heavy atom. The predicted molar refractivity (Wildman–Crippen MR) is 96.4 cm³/mol. The molecule has 146 valence electrons. The van der Waals surface area contributed by atoms with Crippen molar-refractivity contribution in [2.75, 3.05) is 31.3 Å². The molecule has 1 unspecified atom stereocenters. The van der Waals surface area contributed by atoms with E-state index in [9.17, 15) is 14.4 Å². The van der Waals surface area contributed by atoms with Gasteiger partial charge in [0.05, 0.1) is 5.92 Å². The lowest BCUT2D eigenvalue weighted by molar-refractivity contribution is -0.151. The van der Waals surface area contributed by atoms with Crippen molar-refractivity contribution in [2.24, 2.45) is 11.7 Å². The Morgan fingerprint density at radius 3 is 2.71 bits per heavy atom. The molecule has 2 N–H and O–H groups in total. The van der Waals surface area contributed by atoms with Crippen LogP contribution in [0.4, 0.5) is 5.69 Å². The monoisotopic (exact) mass is 385 g/mol. The summed E-state index contributed by atoms with van der Waals surface area (Å²) in [6.07, 6.45) is -0.0294. The number of esters is 1. The van der Waals surface area contributed by atoms with E-state index in [0.717, 1.165) is 0 Å². The fourth-order valence-electron chi connectivity index (χ4n) is 3.01. The third-order valence-electron chi connectivity index (χ3n) is 4.43. The molecule has 0 radical (unpaired) electrons. The van der Waals surface area contributed by atoms with Gasteiger partial charge in [-0.15, -0.1) is 0 Å². The molecular formula is C19H19N3O6. The van der Waals surface area contributed by atoms with Crippen LogP contribution in [-0.4, -0.2) is 44.0 Å². The zero-order chi connectivity index (χ0) is 20.3. The molecule has 1 fully saturated rings. The molecule has 1 atom stereocenters. The Kier molecular flexibility index (Phi) is 5.49. The van der Waals surface area contributed by atoms with Crippen LogP contribution in [0.2, 0.25) is 0 Å². The summed E-state index contributed by atoms with van der Waals surface area (Å²) >= 11 is 0. The van der Waals surface area contributed by atoms with Crippen LogP contribution in [0.5, 0.6) is 11.5 Å². The number of nitrogens with two attached hydrogens (primary N) is 1. The number of nitrogens with zero attached hydrogens (tertiary/aromatic N) is 2. The van der Waals surface area contributed by atoms with Crippen molar-refractivity contribution in [1.29, 1.82) is 5.26 Å². The van der Waals surface area contributed by atoms with Gasteiger partial charge in [-0.05, 0) is 19.1 Å². The first-order valence-electron chi connectivity index (χ1n) is 8.67. The first-order chi connectivity index (χ1) is 13.4. The van der Waals surface area contributed by atoms with Crippen molar-refractivity contribution in [3.05, 3.63) is 29.5 Å². The largest absolute Gasteiger partial charge is 0.486 e. The van der Waals surface area contributed by atoms with E-state index < -0.39 is 24.3 Å². The molecular weight excluding hydrogens is 366 g/mol. The van der Waals surface area contributed by atoms with Crippen LogP contribution in [0.15, 0.2) is 29.5 Å². The number of benzene rings is 1. The Bertz CT molecular complexity index is 897. The molecule has 0 spiro atoms. The first-order valence-corrected chi connectivity index (χ1v) is 8.67. The van der Waals surface area contributed by atoms with E-state index in [1.807, 2.05) is 0 Å². The molecule has 1 amide bonds. The third-order valence-corrected chi connectivity index (χ3v) is 4.43. The minimum atomic E-state index is -0.706. The normalized spacial score (nSPS) is 18.9. The highest BCUT2D eigenvalue weighted by Gasteiger charge is 2.37. The number of amides is 1. The standard InChI is InChI=1S/C19H19N3O6/c1-11(21)14(8-20)15(23)10-28-19(25)12-6-18(24)22(9-12)13-2-3-16-17(7-13)27-5-4-26-16/h2-3,7,12H,4-6,9-10,21H2,1H3/b14-11-. The molecule has 28 heavy (non-hydrogen) atoms. The van der Waals surface area contributed by atoms with E-state index in [0.29, 0.717) is 30.4 Å². The van der Waals surface area contributed by atoms with Gasteiger partial charge in [0.2, 0.25) is 11.7 Å². The number of anilines is 1. The Labute approximate surface area is 161 Å². The number of rotatable bonds is 5. The van der Waals surface area contributed by atoms with Gasteiger partial charge in [0.1, 0.15) is 24.9 Å². The summed E-state index contributed by atoms with van der Waals surface area (Å²) in [7, 11) is 0. The van der Waals surface area contributed by atoms with Crippen molar-refractivity contribution < 1.29 is 28.6 Å². The summed E-state index contributed by atoms with van der Waals surface area (Å²) in [5.74, 6) is -1.14. The fraction of sp³-hybridized carbons (Fsp3) is 0.368. The smallest absolute Gasteiger partial charge is 0.311 e. The van der Waals surface area contributed by atoms with Gasteiger partial charge in [-0.1, -0.05) is 0 Å². The van der Waals surface area contributed by atoms with Crippen LogP contribution in [-0.2, 0) is 19.1 Å². The second-order valence-electron chi connectivity index (χ2n) is 6.43. The lowest BCUT2D eigenvalue weighted by Crippen LogP contribution is -2.27. The average molecular weight is 385 g/mol. The summed E-state index contributed by atoms with van der Waals surface area (Å²) in [4.78, 5) is 38.0. The van der Waals surface area contributed by atoms with Crippen LogP contribution in [0, 0.1) is 17.2 Å². The van der Waals surface area contributed by atoms with E-state index in [1.54, 1.807) is 24.3 Å². The van der Waals surface area contributed by atoms with Crippen LogP contribution in [0.1, 0.15) is 13.3 Å². The summed E-state index contributed by atoms with van der Waals surface area (Å²) in [5, 5.41) is 8.90. The maximum Gasteiger partial charge on any atom is 0.311 e. The fourth-order valence-corrected chi connectivity index (χ4v) is 3.01. The van der Waals surface area contributed by atoms with Crippen molar-refractivity contribution in [2.45, 2.75) is 13.3 Å². The van der Waals surface area contributed by atoms with Gasteiger partial charge < -0.3 is 24.8 Å². The SMILES string of the molecule is C/C(N)=C(\C#N)C(=O)COC(=O)C1CC(=O)N(c2ccc3c(c2)OCCO3)C1. The minimum Gasteiger partial charge on any atom is -0.486 e. The molecule has 2 heterocycles. The van der Waals surface area contributed by atoms with E-state index >= 15 is 0 Å². The van der Waals surface area contributed by atoms with Gasteiger partial charge in [0.25, 0.3) is 0 Å². The molecule has 0 aliphatic carbocycles. The summed E-state index contributed by atoms with van der Waals surface area (Å²) in [5.41, 5.74) is 5.86. The van der Waals surface area contributed by atoms with E-state index in [2.05, 4.69) is 0 Å². The molecule has 0 bridgehead atoms. The Morgan fingerprint density at radius 2 is 2.04 bits per heavy atom. The molecule has 1 aromatic rings. The second-order valence-corrected chi connectivity index (χ2v) is 6.43. The predicted octanol–water partition coefficient (Wildman–Crippen LogP) is 0.679. The molecule has 0 saturated carbocycles. The second kappa shape index (κ2) is 8.00. The molecule has 1 aromatic carbocycles. The average Bonchev–Trinajstić information content (AvgIpc) is 3.07. The number of ether oxygens (including phenoxy) is 3. The molecule has 1 saturated heterocycles. The quantitative estimate of drug-likeness (QED) is 0.445. The molecule has 2 aliphatic rings. The maximum atomic E-state index is 12.4. The molecule has 9 heteroatoms. The minimum absolute atomic E-state index is 0.0294. The summed E-state index contributed by atoms with van der Waals surface area (Å²) in [6.45, 7) is 1.84. The topological polar surface area (TPSA) is 132 Å². The van der Waals surface area contributed by atoms with Gasteiger partial charge in [0, 0.05) is 30.4 Å². The van der Waals surface area contributed by atoms with Gasteiger partial charge in [0.15, 0.2) is 18.1 Å². The Hall–Kier alpha value is -3.54. The summed E-state index contributed by atoms with van der Waals surface area (Å²) in [6, 6.07) is 6.81. The highest BCUT2D eigenvalue weighted by Crippen LogP contribution is 2.36. The number of ketones is 1. The van der Waals surface area contributed by atoms with Gasteiger partial charge in [-0.3, -0.25) is 14.4 Å². The number of Topliss-reactive ketones (excluding diaryl/α,β-unsaturated/α-hetero) is 1. The highest BCUT2D eigenvalue weighted by molar-refractivity contribution is 6.02. The van der Waals surface area contributed by atoms with Crippen LogP contribution in [0.25, 0.3) is 0 Å². The lowest BCUT2D eigenvalue weighted by Gasteiger charge is -2.22. The van der Waals surface area contributed by atoms with Crippen LogP contribution >= 0.6 is 0 Å². The number of nitriles is 1. The van der Waals surface area contributed by atoms with Crippen LogP contribution < -0.4 is 20.1 Å². The number of allylic oxidation sites excluding steroid dienone is 1. The van der Waals surface area contributed by atoms with Gasteiger partial charge in [-0.25, -0.2) is 0 Å². The van der Waals surface area contributed by atoms with Crippen molar-refractivity contribution >= 4 is 23.3 Å². The molecule has 9 nitrogen and oxygen atoms in total. The molecule has 0 aromatic heterocycles. The first kappa shape index (κ1) is 19.2. The number of hydrogen-bond acceptors (Lipinski definition) is 8. The van der Waals surface area contributed by atoms with E-state index in [1.165, 1.54) is 11.8 Å². The number of carbonyl (C=O) groups excluding carboxylic acids is 3. The lowest BCUT2D eigenvalue weighted by atomic mass is 10.1. The zero-order valence-electron chi connectivity index (χ0n) is 15.3. The van der Waals surface area contributed by atoms with Crippen LogP contribution in [0.3, 0.4) is 0 Å². The van der Waals surface area contributed by atoms with Gasteiger partial charge in [-0.2, -0.15) is 5.26 Å². The van der Waals surface area contributed by atoms with Crippen molar-refractivity contribution in [1.82, 2.24) is 0 Å².